The van der Waals surface area contributed by atoms with Crippen molar-refractivity contribution in [2.45, 2.75) is 32.6 Å². The number of carbonyl (C=O) groups is 1. The largest absolute Gasteiger partial charge is 0.281 e. The number of hydrogen-bond donors (Lipinski definition) is 1. The van der Waals surface area contributed by atoms with Crippen molar-refractivity contribution in [2.24, 2.45) is 0 Å². The van der Waals surface area contributed by atoms with Crippen LogP contribution in [0.2, 0.25) is 0 Å². The molecule has 0 radical (unpaired) electrons. The van der Waals surface area contributed by atoms with Crippen LogP contribution in [0.15, 0.2) is 30.3 Å². The number of aromatic nitrogens is 2. The van der Waals surface area contributed by atoms with Gasteiger partial charge in [0.15, 0.2) is 0 Å². The van der Waals surface area contributed by atoms with E-state index in [1.165, 1.54) is 0 Å². The fourth-order valence-electron chi connectivity index (χ4n) is 2.06. The molecule has 0 aliphatic rings. The molecule has 0 aliphatic heterocycles. The normalized spacial score (nSPS) is 11.6. The van der Waals surface area contributed by atoms with Crippen LogP contribution >= 0.6 is 11.6 Å². The molecule has 19 heavy (non-hydrogen) atoms. The number of H-pyrrole nitrogens is 1. The second-order valence-corrected chi connectivity index (χ2v) is 5.96. The lowest BCUT2D eigenvalue weighted by Gasteiger charge is -2.16. The number of hydrogen-bond acceptors (Lipinski definition) is 2. The molecule has 0 saturated heterocycles. The van der Waals surface area contributed by atoms with Gasteiger partial charge in [-0.2, -0.15) is 5.10 Å². The van der Waals surface area contributed by atoms with E-state index in [2.05, 4.69) is 10.2 Å². The van der Waals surface area contributed by atoms with Crippen LogP contribution in [-0.2, 0) is 11.8 Å². The van der Waals surface area contributed by atoms with Crippen molar-refractivity contribution in [3.63, 3.8) is 0 Å². The summed E-state index contributed by atoms with van der Waals surface area (Å²) in [5.41, 5.74) is 2.91. The molecule has 0 saturated carbocycles. The van der Waals surface area contributed by atoms with Crippen LogP contribution in [0.25, 0.3) is 0 Å². The Balaban J connectivity index is 2.42. The van der Waals surface area contributed by atoms with Crippen molar-refractivity contribution in [3.8, 4) is 0 Å². The Hall–Kier alpha value is -1.61. The minimum atomic E-state index is -0.454. The van der Waals surface area contributed by atoms with Gasteiger partial charge >= 0.3 is 0 Å². The van der Waals surface area contributed by atoms with E-state index in [-0.39, 0.29) is 5.41 Å². The summed E-state index contributed by atoms with van der Waals surface area (Å²) in [5.74, 6) is 0. The van der Waals surface area contributed by atoms with Crippen molar-refractivity contribution in [3.05, 3.63) is 52.8 Å². The zero-order valence-corrected chi connectivity index (χ0v) is 12.1. The van der Waals surface area contributed by atoms with Crippen molar-refractivity contribution in [2.75, 3.05) is 0 Å². The van der Waals surface area contributed by atoms with Gasteiger partial charge in [-0.05, 0) is 17.2 Å². The number of carbonyl (C=O) groups excluding carboxylic acids is 1. The van der Waals surface area contributed by atoms with Gasteiger partial charge in [0.2, 0.25) is 0 Å². The molecule has 4 heteroatoms. The molecule has 0 fully saturated rings. The van der Waals surface area contributed by atoms with E-state index >= 15 is 0 Å². The lowest BCUT2D eigenvalue weighted by molar-refractivity contribution is 0.107. The molecule has 100 valence electrons. The highest BCUT2D eigenvalue weighted by molar-refractivity contribution is 6.68. The maximum absolute atomic E-state index is 11.7. The summed E-state index contributed by atoms with van der Waals surface area (Å²) in [5, 5.41) is 6.78. The second kappa shape index (κ2) is 5.17. The van der Waals surface area contributed by atoms with Crippen molar-refractivity contribution in [1.29, 1.82) is 0 Å². The molecule has 0 unspecified atom stereocenters. The maximum atomic E-state index is 11.7. The van der Waals surface area contributed by atoms with Crippen LogP contribution in [0.4, 0.5) is 0 Å². The molecule has 1 aromatic heterocycles. The van der Waals surface area contributed by atoms with Gasteiger partial charge in [0, 0.05) is 11.8 Å². The topological polar surface area (TPSA) is 45.8 Å². The number of nitrogens with zero attached hydrogens (tertiary/aromatic N) is 1. The summed E-state index contributed by atoms with van der Waals surface area (Å²) >= 11 is 5.73. The number of halogens is 1. The predicted octanol–water partition coefficient (Wildman–Crippen LogP) is 3.68. The molecule has 2 rings (SSSR count). The molecule has 0 spiro atoms. The summed E-state index contributed by atoms with van der Waals surface area (Å²) in [7, 11) is 0. The average Bonchev–Trinajstić information content (AvgIpc) is 2.74. The van der Waals surface area contributed by atoms with Gasteiger partial charge in [0.05, 0.1) is 17.0 Å². The Morgan fingerprint density at radius 1 is 1.26 bits per heavy atom. The first-order valence-electron chi connectivity index (χ1n) is 6.21. The quantitative estimate of drug-likeness (QED) is 0.869. The highest BCUT2D eigenvalue weighted by Crippen LogP contribution is 2.28. The zero-order chi connectivity index (χ0) is 14.0. The molecule has 2 aromatic rings. The van der Waals surface area contributed by atoms with Crippen LogP contribution in [0.3, 0.4) is 0 Å². The van der Waals surface area contributed by atoms with Crippen LogP contribution in [0.5, 0.6) is 0 Å². The van der Waals surface area contributed by atoms with Crippen molar-refractivity contribution in [1.82, 2.24) is 10.2 Å². The smallest absolute Gasteiger partial charge is 0.256 e. The molecular weight excluding hydrogens is 260 g/mol. The molecule has 1 aromatic carbocycles. The van der Waals surface area contributed by atoms with E-state index in [1.54, 1.807) is 0 Å². The minimum Gasteiger partial charge on any atom is -0.281 e. The lowest BCUT2D eigenvalue weighted by atomic mass is 9.88. The molecular formula is C15H17ClN2O. The summed E-state index contributed by atoms with van der Waals surface area (Å²) in [6, 6.07) is 9.93. The maximum Gasteiger partial charge on any atom is 0.256 e. The predicted molar refractivity (Wildman–Crippen MR) is 76.7 cm³/mol. The van der Waals surface area contributed by atoms with Gasteiger partial charge in [-0.3, -0.25) is 9.89 Å². The Labute approximate surface area is 118 Å². The van der Waals surface area contributed by atoms with Gasteiger partial charge < -0.3 is 0 Å². The summed E-state index contributed by atoms with van der Waals surface area (Å²) in [6.45, 7) is 6.04. The first kappa shape index (κ1) is 13.8. The first-order chi connectivity index (χ1) is 8.89. The Morgan fingerprint density at radius 3 is 2.42 bits per heavy atom. The number of rotatable bonds is 3. The summed E-state index contributed by atoms with van der Waals surface area (Å²) in [6.07, 6.45) is 0.623. The molecule has 1 heterocycles. The Bertz CT molecular complexity index is 582. The molecule has 3 nitrogen and oxygen atoms in total. The zero-order valence-electron chi connectivity index (χ0n) is 11.3. The number of nitrogens with one attached hydrogen (secondary N) is 1. The van der Waals surface area contributed by atoms with Crippen LogP contribution in [0.1, 0.15) is 48.1 Å². The second-order valence-electron chi connectivity index (χ2n) is 5.61. The van der Waals surface area contributed by atoms with E-state index in [4.69, 9.17) is 11.6 Å². The van der Waals surface area contributed by atoms with Crippen molar-refractivity contribution >= 4 is 16.8 Å². The van der Waals surface area contributed by atoms with Crippen LogP contribution in [-0.4, -0.2) is 15.4 Å². The van der Waals surface area contributed by atoms with Gasteiger partial charge in [-0.15, -0.1) is 0 Å². The van der Waals surface area contributed by atoms with Crippen molar-refractivity contribution < 1.29 is 4.79 Å². The molecule has 0 bridgehead atoms. The van der Waals surface area contributed by atoms with Crippen LogP contribution in [0, 0.1) is 0 Å². The fourth-order valence-corrected chi connectivity index (χ4v) is 2.26. The number of benzene rings is 1. The monoisotopic (exact) mass is 276 g/mol. The van der Waals surface area contributed by atoms with E-state index in [0.717, 1.165) is 17.0 Å². The Kier molecular flexibility index (Phi) is 3.76. The molecule has 0 aliphatic carbocycles. The third-order valence-electron chi connectivity index (χ3n) is 2.97. The molecule has 1 N–H and O–H groups in total. The van der Waals surface area contributed by atoms with E-state index < -0.39 is 5.24 Å². The standard InChI is InChI=1S/C15H17ClN2O/c1-15(2,3)13-12(14(16)19)11(17-18-13)9-10-7-5-4-6-8-10/h4-8H,9H2,1-3H3,(H,17,18). The van der Waals surface area contributed by atoms with Gasteiger partial charge in [-0.1, -0.05) is 51.1 Å². The third kappa shape index (κ3) is 3.04. The van der Waals surface area contributed by atoms with E-state index in [9.17, 15) is 4.79 Å². The van der Waals surface area contributed by atoms with E-state index in [0.29, 0.717) is 12.0 Å². The summed E-state index contributed by atoms with van der Waals surface area (Å²) in [4.78, 5) is 11.7. The van der Waals surface area contributed by atoms with Gasteiger partial charge in [-0.25, -0.2) is 0 Å². The van der Waals surface area contributed by atoms with E-state index in [1.807, 2.05) is 51.1 Å². The first-order valence-corrected chi connectivity index (χ1v) is 6.59. The highest BCUT2D eigenvalue weighted by atomic mass is 35.5. The Morgan fingerprint density at radius 2 is 1.89 bits per heavy atom. The number of aromatic amines is 1. The third-order valence-corrected chi connectivity index (χ3v) is 3.16. The van der Waals surface area contributed by atoms with Crippen LogP contribution < -0.4 is 0 Å². The van der Waals surface area contributed by atoms with Gasteiger partial charge in [0.25, 0.3) is 5.24 Å². The average molecular weight is 277 g/mol. The lowest BCUT2D eigenvalue weighted by Crippen LogP contribution is -2.15. The van der Waals surface area contributed by atoms with Gasteiger partial charge in [0.1, 0.15) is 0 Å². The molecule has 0 atom stereocenters. The minimum absolute atomic E-state index is 0.217. The fraction of sp³-hybridized carbons (Fsp3) is 0.333. The summed E-state index contributed by atoms with van der Waals surface area (Å²) < 4.78 is 0. The SMILES string of the molecule is CC(C)(C)c1n[nH]c(Cc2ccccc2)c1C(=O)Cl. The highest BCUT2D eigenvalue weighted by Gasteiger charge is 2.27. The molecule has 0 amide bonds.